The standard InChI is InChI=1S/C21H24F3N3OS/c1-2-7-28-18-9-15(3-4-20-27-19(14-29-20)21(22,23)24)8-17(10-18)13-26-12-16-5-6-25-11-16/h2-4,8-10,14,16,25-26H,1,5-7,11-13H2/b4-3+. The molecule has 2 aromatic rings. The fourth-order valence-corrected chi connectivity index (χ4v) is 3.81. The second-order valence-corrected chi connectivity index (χ2v) is 7.79. The van der Waals surface area contributed by atoms with E-state index in [-0.39, 0.29) is 0 Å². The smallest absolute Gasteiger partial charge is 0.434 e. The lowest BCUT2D eigenvalue weighted by molar-refractivity contribution is -0.140. The number of benzene rings is 1. The summed E-state index contributed by atoms with van der Waals surface area (Å²) in [5, 5.41) is 8.16. The lowest BCUT2D eigenvalue weighted by Gasteiger charge is -2.12. The molecule has 1 aliphatic heterocycles. The number of nitrogens with one attached hydrogen (secondary N) is 2. The lowest BCUT2D eigenvalue weighted by Crippen LogP contribution is -2.24. The zero-order chi connectivity index (χ0) is 20.7. The molecular weight excluding hydrogens is 399 g/mol. The van der Waals surface area contributed by atoms with Crippen LogP contribution >= 0.6 is 11.3 Å². The fourth-order valence-electron chi connectivity index (χ4n) is 3.09. The number of hydrogen-bond acceptors (Lipinski definition) is 5. The summed E-state index contributed by atoms with van der Waals surface area (Å²) in [6.07, 6.45) is 1.77. The molecule has 1 aromatic carbocycles. The quantitative estimate of drug-likeness (QED) is 0.579. The number of thiazole rings is 1. The van der Waals surface area contributed by atoms with E-state index in [9.17, 15) is 13.2 Å². The molecule has 1 aliphatic rings. The molecule has 1 fully saturated rings. The van der Waals surface area contributed by atoms with E-state index in [1.54, 1.807) is 18.2 Å². The number of rotatable bonds is 9. The fraction of sp³-hybridized carbons (Fsp3) is 0.381. The summed E-state index contributed by atoms with van der Waals surface area (Å²) in [7, 11) is 0. The van der Waals surface area contributed by atoms with Crippen molar-refractivity contribution >= 4 is 23.5 Å². The van der Waals surface area contributed by atoms with Gasteiger partial charge in [0.05, 0.1) is 0 Å². The Morgan fingerprint density at radius 2 is 2.17 bits per heavy atom. The van der Waals surface area contributed by atoms with Gasteiger partial charge in [0.1, 0.15) is 17.4 Å². The van der Waals surface area contributed by atoms with Gasteiger partial charge >= 0.3 is 6.18 Å². The molecule has 156 valence electrons. The second-order valence-electron chi connectivity index (χ2n) is 6.90. The largest absolute Gasteiger partial charge is 0.490 e. The van der Waals surface area contributed by atoms with Crippen LogP contribution in [-0.2, 0) is 12.7 Å². The Morgan fingerprint density at radius 3 is 2.86 bits per heavy atom. The molecule has 1 saturated heterocycles. The summed E-state index contributed by atoms with van der Waals surface area (Å²) >= 11 is 0.965. The number of nitrogens with zero attached hydrogens (tertiary/aromatic N) is 1. The minimum atomic E-state index is -4.42. The summed E-state index contributed by atoms with van der Waals surface area (Å²) in [5.74, 6) is 1.34. The third-order valence-corrected chi connectivity index (χ3v) is 5.32. The molecule has 3 rings (SSSR count). The Kier molecular flexibility index (Phi) is 7.46. The monoisotopic (exact) mass is 423 g/mol. The summed E-state index contributed by atoms with van der Waals surface area (Å²) in [6, 6.07) is 5.81. The Bertz CT molecular complexity index is 842. The zero-order valence-electron chi connectivity index (χ0n) is 16.0. The van der Waals surface area contributed by atoms with E-state index < -0.39 is 11.9 Å². The van der Waals surface area contributed by atoms with Gasteiger partial charge in [0.15, 0.2) is 5.69 Å². The van der Waals surface area contributed by atoms with Gasteiger partial charge in [0.2, 0.25) is 0 Å². The van der Waals surface area contributed by atoms with Crippen molar-refractivity contribution in [3.63, 3.8) is 0 Å². The van der Waals surface area contributed by atoms with Crippen molar-refractivity contribution in [1.82, 2.24) is 15.6 Å². The van der Waals surface area contributed by atoms with Crippen molar-refractivity contribution in [2.24, 2.45) is 5.92 Å². The molecule has 29 heavy (non-hydrogen) atoms. The van der Waals surface area contributed by atoms with Crippen molar-refractivity contribution in [3.05, 3.63) is 58.1 Å². The van der Waals surface area contributed by atoms with Crippen LogP contribution in [0.25, 0.3) is 12.2 Å². The van der Waals surface area contributed by atoms with E-state index in [1.165, 1.54) is 6.42 Å². The van der Waals surface area contributed by atoms with Gasteiger partial charge < -0.3 is 15.4 Å². The Labute approximate surface area is 172 Å². The van der Waals surface area contributed by atoms with Gasteiger partial charge in [-0.25, -0.2) is 4.98 Å². The molecule has 2 N–H and O–H groups in total. The first kappa shape index (κ1) is 21.5. The van der Waals surface area contributed by atoms with Crippen LogP contribution in [-0.4, -0.2) is 31.2 Å². The first-order valence-electron chi connectivity index (χ1n) is 9.44. The molecule has 8 heteroatoms. The van der Waals surface area contributed by atoms with E-state index in [4.69, 9.17) is 4.74 Å². The topological polar surface area (TPSA) is 46.2 Å². The van der Waals surface area contributed by atoms with Gasteiger partial charge in [-0.15, -0.1) is 11.3 Å². The van der Waals surface area contributed by atoms with Crippen molar-refractivity contribution in [3.8, 4) is 5.75 Å². The van der Waals surface area contributed by atoms with Crippen molar-refractivity contribution < 1.29 is 17.9 Å². The van der Waals surface area contributed by atoms with Crippen LogP contribution in [0, 0.1) is 5.92 Å². The van der Waals surface area contributed by atoms with Gasteiger partial charge in [-0.2, -0.15) is 13.2 Å². The van der Waals surface area contributed by atoms with Crippen LogP contribution < -0.4 is 15.4 Å². The number of hydrogen-bond donors (Lipinski definition) is 2. The Balaban J connectivity index is 1.69. The van der Waals surface area contributed by atoms with Gasteiger partial charge in [0.25, 0.3) is 0 Å². The van der Waals surface area contributed by atoms with Crippen LogP contribution in [0.4, 0.5) is 13.2 Å². The SMILES string of the molecule is C=CCOc1cc(/C=C/c2nc(C(F)(F)F)cs2)cc(CNCC2CCNC2)c1. The lowest BCUT2D eigenvalue weighted by atomic mass is 10.1. The highest BCUT2D eigenvalue weighted by molar-refractivity contribution is 7.10. The molecule has 0 saturated carbocycles. The molecule has 2 heterocycles. The highest BCUT2D eigenvalue weighted by Crippen LogP contribution is 2.30. The first-order chi connectivity index (χ1) is 13.9. The number of alkyl halides is 3. The van der Waals surface area contributed by atoms with Crippen LogP contribution in [0.3, 0.4) is 0 Å². The predicted octanol–water partition coefficient (Wildman–Crippen LogP) is 4.60. The van der Waals surface area contributed by atoms with Crippen molar-refractivity contribution in [1.29, 1.82) is 0 Å². The molecule has 0 aliphatic carbocycles. The molecular formula is C21H24F3N3OS. The summed E-state index contributed by atoms with van der Waals surface area (Å²) < 4.78 is 43.8. The Morgan fingerprint density at radius 1 is 1.31 bits per heavy atom. The Hall–Kier alpha value is -2.16. The van der Waals surface area contributed by atoms with E-state index in [0.29, 0.717) is 29.8 Å². The minimum Gasteiger partial charge on any atom is -0.490 e. The molecule has 1 aromatic heterocycles. The predicted molar refractivity (Wildman–Crippen MR) is 111 cm³/mol. The minimum absolute atomic E-state index is 0.308. The first-order valence-corrected chi connectivity index (χ1v) is 10.3. The average molecular weight is 424 g/mol. The maximum absolute atomic E-state index is 12.7. The third kappa shape index (κ3) is 6.69. The van der Waals surface area contributed by atoms with Crippen LogP contribution in [0.2, 0.25) is 0 Å². The van der Waals surface area contributed by atoms with Crippen molar-refractivity contribution in [2.75, 3.05) is 26.2 Å². The average Bonchev–Trinajstić information content (AvgIpc) is 3.36. The molecule has 1 atom stereocenters. The zero-order valence-corrected chi connectivity index (χ0v) is 16.8. The van der Waals surface area contributed by atoms with E-state index in [1.807, 2.05) is 18.2 Å². The van der Waals surface area contributed by atoms with Gasteiger partial charge in [0, 0.05) is 11.9 Å². The molecule has 4 nitrogen and oxygen atoms in total. The van der Waals surface area contributed by atoms with Gasteiger partial charge in [-0.05, 0) is 61.3 Å². The normalized spacial score (nSPS) is 17.1. The number of aromatic nitrogens is 1. The summed E-state index contributed by atoms with van der Waals surface area (Å²) in [5.41, 5.74) is 1.03. The molecule has 0 amide bonds. The summed E-state index contributed by atoms with van der Waals surface area (Å²) in [6.45, 7) is 7.78. The molecule has 1 unspecified atom stereocenters. The van der Waals surface area contributed by atoms with E-state index >= 15 is 0 Å². The molecule has 0 spiro atoms. The van der Waals surface area contributed by atoms with Crippen molar-refractivity contribution in [2.45, 2.75) is 19.1 Å². The molecule has 0 bridgehead atoms. The third-order valence-electron chi connectivity index (χ3n) is 4.51. The van der Waals surface area contributed by atoms with E-state index in [0.717, 1.165) is 47.5 Å². The molecule has 0 radical (unpaired) electrons. The van der Waals surface area contributed by atoms with E-state index in [2.05, 4.69) is 22.2 Å². The van der Waals surface area contributed by atoms with Crippen LogP contribution in [0.1, 0.15) is 28.2 Å². The second kappa shape index (κ2) is 10.0. The number of ether oxygens (including phenoxy) is 1. The summed E-state index contributed by atoms with van der Waals surface area (Å²) in [4.78, 5) is 3.63. The van der Waals surface area contributed by atoms with Crippen LogP contribution in [0.15, 0.2) is 36.2 Å². The maximum atomic E-state index is 12.7. The van der Waals surface area contributed by atoms with Gasteiger partial charge in [-0.1, -0.05) is 24.8 Å². The highest BCUT2D eigenvalue weighted by atomic mass is 32.1. The maximum Gasteiger partial charge on any atom is 0.434 e. The highest BCUT2D eigenvalue weighted by Gasteiger charge is 2.33. The number of halogens is 3. The van der Waals surface area contributed by atoms with Gasteiger partial charge in [-0.3, -0.25) is 0 Å². The van der Waals surface area contributed by atoms with Crippen LogP contribution in [0.5, 0.6) is 5.75 Å².